The summed E-state index contributed by atoms with van der Waals surface area (Å²) in [6, 6.07) is 9.73. The molecule has 19 heavy (non-hydrogen) atoms. The Kier molecular flexibility index (Phi) is 4.54. The van der Waals surface area contributed by atoms with E-state index in [9.17, 15) is 4.39 Å². The van der Waals surface area contributed by atoms with Crippen molar-refractivity contribution in [1.29, 1.82) is 0 Å². The van der Waals surface area contributed by atoms with E-state index < -0.39 is 5.82 Å². The molecule has 0 amide bonds. The fourth-order valence-electron chi connectivity index (χ4n) is 1.41. The molecule has 2 aromatic rings. The maximum absolute atomic E-state index is 13.7. The molecule has 0 bridgehead atoms. The van der Waals surface area contributed by atoms with E-state index in [-0.39, 0.29) is 5.75 Å². The van der Waals surface area contributed by atoms with Crippen LogP contribution in [0.15, 0.2) is 45.3 Å². The van der Waals surface area contributed by atoms with E-state index in [1.807, 2.05) is 0 Å². The van der Waals surface area contributed by atoms with Crippen LogP contribution >= 0.6 is 44.1 Å². The van der Waals surface area contributed by atoms with Gasteiger partial charge in [0.05, 0.1) is 4.47 Å². The molecule has 2 N–H and O–H groups in total. The molecule has 98 valence electrons. The molecule has 0 aliphatic heterocycles. The van der Waals surface area contributed by atoms with Gasteiger partial charge in [0.2, 0.25) is 0 Å². The Labute approximate surface area is 132 Å². The molecule has 2 rings (SSSR count). The van der Waals surface area contributed by atoms with Crippen LogP contribution in [0.1, 0.15) is 5.56 Å². The van der Waals surface area contributed by atoms with Gasteiger partial charge >= 0.3 is 0 Å². The average Bonchev–Trinajstić information content (AvgIpc) is 2.34. The Hall–Kier alpha value is -0.980. The second-order valence-corrected chi connectivity index (χ2v) is 5.90. The van der Waals surface area contributed by atoms with Gasteiger partial charge in [0, 0.05) is 10.0 Å². The molecule has 0 aliphatic carbocycles. The summed E-state index contributed by atoms with van der Waals surface area (Å²) in [6.07, 6.45) is 0. The van der Waals surface area contributed by atoms with Crippen molar-refractivity contribution in [1.82, 2.24) is 0 Å². The highest BCUT2D eigenvalue weighted by Gasteiger charge is 2.09. The topological polar surface area (TPSA) is 35.2 Å². The summed E-state index contributed by atoms with van der Waals surface area (Å²) in [5, 5.41) is 0. The first-order chi connectivity index (χ1) is 8.97. The summed E-state index contributed by atoms with van der Waals surface area (Å²) in [5.41, 5.74) is 6.24. The van der Waals surface area contributed by atoms with Crippen LogP contribution in [-0.4, -0.2) is 4.99 Å². The summed E-state index contributed by atoms with van der Waals surface area (Å²) in [4.78, 5) is 0.294. The van der Waals surface area contributed by atoms with Gasteiger partial charge in [-0.1, -0.05) is 28.1 Å². The molecule has 2 aromatic carbocycles. The zero-order valence-corrected chi connectivity index (χ0v) is 13.5. The standard InChI is InChI=1S/C13H8Br2FNOS/c14-8-2-4-12(10(16)6-8)18-11-3-1-7(13(17)19)5-9(11)15/h1-6H,(H2,17,19). The largest absolute Gasteiger partial charge is 0.453 e. The minimum Gasteiger partial charge on any atom is -0.453 e. The normalized spacial score (nSPS) is 10.3. The quantitative estimate of drug-likeness (QED) is 0.747. The maximum atomic E-state index is 13.7. The smallest absolute Gasteiger partial charge is 0.166 e. The van der Waals surface area contributed by atoms with Crippen LogP contribution in [0.25, 0.3) is 0 Å². The van der Waals surface area contributed by atoms with Crippen LogP contribution in [0.2, 0.25) is 0 Å². The lowest BCUT2D eigenvalue weighted by molar-refractivity contribution is 0.439. The maximum Gasteiger partial charge on any atom is 0.166 e. The van der Waals surface area contributed by atoms with Crippen molar-refractivity contribution >= 4 is 49.1 Å². The van der Waals surface area contributed by atoms with Crippen molar-refractivity contribution in [3.05, 3.63) is 56.7 Å². The first-order valence-corrected chi connectivity index (χ1v) is 7.19. The number of nitrogens with two attached hydrogens (primary N) is 1. The molecule has 0 spiro atoms. The van der Waals surface area contributed by atoms with Gasteiger partial charge in [-0.3, -0.25) is 0 Å². The van der Waals surface area contributed by atoms with Crippen molar-refractivity contribution in [2.24, 2.45) is 5.73 Å². The second kappa shape index (κ2) is 5.98. The van der Waals surface area contributed by atoms with Crippen molar-refractivity contribution in [2.75, 3.05) is 0 Å². The molecule has 0 atom stereocenters. The van der Waals surface area contributed by atoms with Crippen LogP contribution in [0.3, 0.4) is 0 Å². The number of benzene rings is 2. The van der Waals surface area contributed by atoms with Crippen LogP contribution in [0, 0.1) is 5.82 Å². The number of halogens is 3. The predicted octanol–water partition coefficient (Wildman–Crippen LogP) is 4.78. The van der Waals surface area contributed by atoms with Crippen molar-refractivity contribution in [3.8, 4) is 11.5 Å². The highest BCUT2D eigenvalue weighted by molar-refractivity contribution is 9.10. The summed E-state index contributed by atoms with van der Waals surface area (Å²) < 4.78 is 20.5. The number of hydrogen-bond donors (Lipinski definition) is 1. The molecule has 0 heterocycles. The molecule has 0 saturated heterocycles. The molecular weight excluding hydrogens is 397 g/mol. The summed E-state index contributed by atoms with van der Waals surface area (Å²) in [5.74, 6) is 0.188. The molecule has 0 radical (unpaired) electrons. The summed E-state index contributed by atoms with van der Waals surface area (Å²) in [6.45, 7) is 0. The first kappa shape index (κ1) is 14.4. The minimum atomic E-state index is -0.445. The van der Waals surface area contributed by atoms with E-state index in [0.29, 0.717) is 25.2 Å². The van der Waals surface area contributed by atoms with E-state index in [2.05, 4.69) is 31.9 Å². The van der Waals surface area contributed by atoms with Crippen molar-refractivity contribution in [2.45, 2.75) is 0 Å². The molecule has 2 nitrogen and oxygen atoms in total. The third-order valence-electron chi connectivity index (χ3n) is 2.33. The van der Waals surface area contributed by atoms with Gasteiger partial charge in [-0.25, -0.2) is 4.39 Å². The number of thiocarbonyl (C=S) groups is 1. The SMILES string of the molecule is NC(=S)c1ccc(Oc2ccc(Br)cc2F)c(Br)c1. The van der Waals surface area contributed by atoms with Crippen molar-refractivity contribution < 1.29 is 9.13 Å². The zero-order chi connectivity index (χ0) is 14.0. The lowest BCUT2D eigenvalue weighted by Gasteiger charge is -2.10. The van der Waals surface area contributed by atoms with E-state index in [1.54, 1.807) is 30.3 Å². The summed E-state index contributed by atoms with van der Waals surface area (Å²) in [7, 11) is 0. The highest BCUT2D eigenvalue weighted by Crippen LogP contribution is 2.32. The van der Waals surface area contributed by atoms with Gasteiger partial charge in [0.15, 0.2) is 11.6 Å². The molecule has 6 heteroatoms. The Morgan fingerprint density at radius 1 is 1.11 bits per heavy atom. The monoisotopic (exact) mass is 403 g/mol. The van der Waals surface area contributed by atoms with Gasteiger partial charge < -0.3 is 10.5 Å². The van der Waals surface area contributed by atoms with Gasteiger partial charge in [0.1, 0.15) is 10.7 Å². The molecule has 0 aromatic heterocycles. The fraction of sp³-hybridized carbons (Fsp3) is 0. The molecular formula is C13H8Br2FNOS. The number of hydrogen-bond acceptors (Lipinski definition) is 2. The van der Waals surface area contributed by atoms with E-state index in [4.69, 9.17) is 22.7 Å². The van der Waals surface area contributed by atoms with E-state index >= 15 is 0 Å². The lowest BCUT2D eigenvalue weighted by atomic mass is 10.2. The van der Waals surface area contributed by atoms with Crippen LogP contribution < -0.4 is 10.5 Å². The fourth-order valence-corrected chi connectivity index (χ4v) is 2.33. The highest BCUT2D eigenvalue weighted by atomic mass is 79.9. The third-order valence-corrected chi connectivity index (χ3v) is 3.68. The van der Waals surface area contributed by atoms with Crippen LogP contribution in [0.4, 0.5) is 4.39 Å². The number of ether oxygens (including phenoxy) is 1. The van der Waals surface area contributed by atoms with E-state index in [1.165, 1.54) is 6.07 Å². The van der Waals surface area contributed by atoms with Gasteiger partial charge in [-0.15, -0.1) is 0 Å². The summed E-state index contributed by atoms with van der Waals surface area (Å²) >= 11 is 11.4. The zero-order valence-electron chi connectivity index (χ0n) is 9.49. The van der Waals surface area contributed by atoms with Crippen LogP contribution in [0.5, 0.6) is 11.5 Å². The van der Waals surface area contributed by atoms with Crippen molar-refractivity contribution in [3.63, 3.8) is 0 Å². The molecule has 0 aliphatic rings. The van der Waals surface area contributed by atoms with Gasteiger partial charge in [-0.2, -0.15) is 0 Å². The number of rotatable bonds is 3. The molecule has 0 saturated carbocycles. The van der Waals surface area contributed by atoms with Gasteiger partial charge in [0.25, 0.3) is 0 Å². The molecule has 0 unspecified atom stereocenters. The Morgan fingerprint density at radius 2 is 1.79 bits per heavy atom. The Bertz CT molecular complexity index is 649. The molecule has 0 fully saturated rings. The minimum absolute atomic E-state index is 0.145. The van der Waals surface area contributed by atoms with Crippen LogP contribution in [-0.2, 0) is 0 Å². The van der Waals surface area contributed by atoms with Gasteiger partial charge in [-0.05, 0) is 52.3 Å². The Balaban J connectivity index is 2.31. The average molecular weight is 405 g/mol. The second-order valence-electron chi connectivity index (χ2n) is 3.69. The predicted molar refractivity (Wildman–Crippen MR) is 84.2 cm³/mol. The third kappa shape index (κ3) is 3.52. The van der Waals surface area contributed by atoms with E-state index in [0.717, 1.165) is 0 Å². The lowest BCUT2D eigenvalue weighted by Crippen LogP contribution is -2.09. The first-order valence-electron chi connectivity index (χ1n) is 5.19. The Morgan fingerprint density at radius 3 is 2.37 bits per heavy atom.